The molecule has 0 saturated heterocycles. The van der Waals surface area contributed by atoms with Crippen LogP contribution in [0.15, 0.2) is 59.5 Å². The van der Waals surface area contributed by atoms with Crippen molar-refractivity contribution in [3.8, 4) is 16.9 Å². The highest BCUT2D eigenvalue weighted by atomic mass is 32.2. The lowest BCUT2D eigenvalue weighted by molar-refractivity contribution is 0.0690. The molecular weight excluding hydrogens is 326 g/mol. The minimum absolute atomic E-state index is 0.0444. The Morgan fingerprint density at radius 3 is 2.29 bits per heavy atom. The van der Waals surface area contributed by atoms with Gasteiger partial charge in [0.2, 0.25) is 0 Å². The number of carboxylic acids is 1. The topological polar surface area (TPSA) is 98.2 Å². The van der Waals surface area contributed by atoms with Crippen molar-refractivity contribution in [2.75, 3.05) is 0 Å². The molecule has 7 heteroatoms. The highest BCUT2D eigenvalue weighted by Crippen LogP contribution is 2.25. The lowest BCUT2D eigenvalue weighted by atomic mass is 10.1. The molecule has 24 heavy (non-hydrogen) atoms. The predicted molar refractivity (Wildman–Crippen MR) is 91.3 cm³/mol. The van der Waals surface area contributed by atoms with Gasteiger partial charge in [-0.2, -0.15) is 5.10 Å². The van der Waals surface area contributed by atoms with Gasteiger partial charge in [0.15, 0.2) is 5.69 Å². The van der Waals surface area contributed by atoms with E-state index in [1.807, 2.05) is 31.2 Å². The van der Waals surface area contributed by atoms with Crippen LogP contribution in [0.5, 0.6) is 0 Å². The summed E-state index contributed by atoms with van der Waals surface area (Å²) in [7, 11) is -1.56. The maximum atomic E-state index is 11.3. The van der Waals surface area contributed by atoms with Crippen LogP contribution in [-0.4, -0.2) is 25.1 Å². The van der Waals surface area contributed by atoms with Crippen LogP contribution in [0.2, 0.25) is 0 Å². The smallest absolute Gasteiger partial charge is 0.356 e. The van der Waals surface area contributed by atoms with Crippen molar-refractivity contribution >= 4 is 17.0 Å². The number of aryl methyl sites for hydroxylation is 1. The van der Waals surface area contributed by atoms with E-state index in [-0.39, 0.29) is 5.69 Å². The molecule has 1 unspecified atom stereocenters. The van der Waals surface area contributed by atoms with E-state index in [1.54, 1.807) is 28.9 Å². The molecule has 0 saturated carbocycles. The monoisotopic (exact) mass is 341 g/mol. The number of aromatic carboxylic acids is 1. The van der Waals surface area contributed by atoms with Crippen LogP contribution in [0, 0.1) is 6.92 Å². The van der Waals surface area contributed by atoms with Gasteiger partial charge in [0.25, 0.3) is 0 Å². The number of nitrogens with two attached hydrogens (primary N) is 1. The third kappa shape index (κ3) is 3.12. The van der Waals surface area contributed by atoms with Gasteiger partial charge in [0, 0.05) is 5.56 Å². The SMILES string of the molecule is Cc1ccc(-c2cc(C(=O)O)nn2-c2ccc(S(N)=O)cc2)cc1. The Kier molecular flexibility index (Phi) is 4.28. The fraction of sp³-hybridized carbons (Fsp3) is 0.0588. The molecule has 3 aromatic rings. The van der Waals surface area contributed by atoms with Gasteiger partial charge in [-0.15, -0.1) is 0 Å². The summed E-state index contributed by atoms with van der Waals surface area (Å²) in [4.78, 5) is 11.8. The van der Waals surface area contributed by atoms with Gasteiger partial charge in [-0.25, -0.2) is 18.8 Å². The van der Waals surface area contributed by atoms with Gasteiger partial charge < -0.3 is 5.11 Å². The summed E-state index contributed by atoms with van der Waals surface area (Å²) in [6, 6.07) is 15.9. The van der Waals surface area contributed by atoms with Crippen molar-refractivity contribution in [2.24, 2.45) is 5.14 Å². The molecule has 3 N–H and O–H groups in total. The van der Waals surface area contributed by atoms with Crippen LogP contribution in [0.4, 0.5) is 0 Å². The summed E-state index contributed by atoms with van der Waals surface area (Å²) in [5.41, 5.74) is 3.24. The van der Waals surface area contributed by atoms with Crippen molar-refractivity contribution < 1.29 is 14.1 Å². The Balaban J connectivity index is 2.13. The van der Waals surface area contributed by atoms with Gasteiger partial charge in [0.1, 0.15) is 11.0 Å². The van der Waals surface area contributed by atoms with E-state index in [1.165, 1.54) is 6.07 Å². The lowest BCUT2D eigenvalue weighted by Gasteiger charge is -2.08. The Morgan fingerprint density at radius 2 is 1.75 bits per heavy atom. The second-order valence-corrected chi connectivity index (χ2v) is 6.36. The summed E-state index contributed by atoms with van der Waals surface area (Å²) < 4.78 is 12.8. The Bertz CT molecular complexity index is 915. The van der Waals surface area contributed by atoms with Gasteiger partial charge in [-0.1, -0.05) is 29.8 Å². The van der Waals surface area contributed by atoms with Gasteiger partial charge >= 0.3 is 5.97 Å². The number of hydrogen-bond acceptors (Lipinski definition) is 3. The summed E-state index contributed by atoms with van der Waals surface area (Å²) in [6.07, 6.45) is 0. The molecule has 0 spiro atoms. The number of carbonyl (C=O) groups is 1. The molecule has 0 aliphatic rings. The van der Waals surface area contributed by atoms with Crippen molar-refractivity contribution in [3.05, 3.63) is 65.9 Å². The number of hydrogen-bond donors (Lipinski definition) is 2. The van der Waals surface area contributed by atoms with Crippen molar-refractivity contribution in [1.82, 2.24) is 9.78 Å². The maximum Gasteiger partial charge on any atom is 0.356 e. The molecule has 1 atom stereocenters. The van der Waals surface area contributed by atoms with Crippen LogP contribution in [0.25, 0.3) is 16.9 Å². The zero-order valence-electron chi connectivity index (χ0n) is 12.8. The fourth-order valence-electron chi connectivity index (χ4n) is 2.33. The summed E-state index contributed by atoms with van der Waals surface area (Å²) >= 11 is 0. The van der Waals surface area contributed by atoms with Crippen LogP contribution >= 0.6 is 0 Å². The van der Waals surface area contributed by atoms with Crippen molar-refractivity contribution in [1.29, 1.82) is 0 Å². The molecule has 0 bridgehead atoms. The first kappa shape index (κ1) is 16.1. The highest BCUT2D eigenvalue weighted by molar-refractivity contribution is 7.82. The maximum absolute atomic E-state index is 11.3. The number of aromatic nitrogens is 2. The van der Waals surface area contributed by atoms with Crippen LogP contribution in [0.3, 0.4) is 0 Å². The molecule has 0 amide bonds. The molecule has 0 aliphatic heterocycles. The molecule has 3 rings (SSSR count). The first-order valence-corrected chi connectivity index (χ1v) is 8.34. The van der Waals surface area contributed by atoms with Crippen molar-refractivity contribution in [2.45, 2.75) is 11.8 Å². The summed E-state index contributed by atoms with van der Waals surface area (Å²) in [6.45, 7) is 1.98. The number of rotatable bonds is 4. The number of nitrogens with zero attached hydrogens (tertiary/aromatic N) is 2. The Hall–Kier alpha value is -2.77. The van der Waals surface area contributed by atoms with Crippen LogP contribution in [0.1, 0.15) is 16.1 Å². The number of carboxylic acid groups (broad SMARTS) is 1. The summed E-state index contributed by atoms with van der Waals surface area (Å²) in [5.74, 6) is -1.10. The first-order valence-electron chi connectivity index (χ1n) is 7.13. The van der Waals surface area contributed by atoms with Gasteiger partial charge in [0.05, 0.1) is 16.3 Å². The normalized spacial score (nSPS) is 12.1. The Labute approximate surface area is 141 Å². The molecule has 0 aliphatic carbocycles. The average Bonchev–Trinajstić information content (AvgIpc) is 3.01. The standard InChI is InChI=1S/C17H15N3O3S/c1-11-2-4-12(5-3-11)16-10-15(17(21)22)19-20(16)13-6-8-14(9-7-13)24(18)23/h2-10H,18H2,1H3,(H,21,22). The first-order chi connectivity index (χ1) is 11.5. The summed E-state index contributed by atoms with van der Waals surface area (Å²) in [5, 5.41) is 18.8. The van der Waals surface area contributed by atoms with Gasteiger partial charge in [-0.05, 0) is 37.3 Å². The molecule has 1 aromatic heterocycles. The van der Waals surface area contributed by atoms with E-state index in [9.17, 15) is 14.1 Å². The molecule has 2 aromatic carbocycles. The van der Waals surface area contributed by atoms with E-state index in [0.29, 0.717) is 16.3 Å². The second kappa shape index (κ2) is 6.38. The fourth-order valence-corrected chi connectivity index (χ4v) is 2.74. The van der Waals surface area contributed by atoms with E-state index >= 15 is 0 Å². The van der Waals surface area contributed by atoms with Gasteiger partial charge in [-0.3, -0.25) is 0 Å². The Morgan fingerprint density at radius 1 is 1.12 bits per heavy atom. The van der Waals surface area contributed by atoms with E-state index in [4.69, 9.17) is 5.14 Å². The zero-order chi connectivity index (χ0) is 17.3. The second-order valence-electron chi connectivity index (χ2n) is 5.29. The quantitative estimate of drug-likeness (QED) is 0.762. The van der Waals surface area contributed by atoms with E-state index in [2.05, 4.69) is 5.10 Å². The largest absolute Gasteiger partial charge is 0.476 e. The number of benzene rings is 2. The zero-order valence-corrected chi connectivity index (χ0v) is 13.7. The van der Waals surface area contributed by atoms with E-state index in [0.717, 1.165) is 11.1 Å². The molecule has 0 fully saturated rings. The minimum atomic E-state index is -1.56. The third-order valence-corrected chi connectivity index (χ3v) is 4.33. The molecule has 0 radical (unpaired) electrons. The minimum Gasteiger partial charge on any atom is -0.476 e. The molecule has 6 nitrogen and oxygen atoms in total. The predicted octanol–water partition coefficient (Wildman–Crippen LogP) is 2.53. The average molecular weight is 341 g/mol. The van der Waals surface area contributed by atoms with E-state index < -0.39 is 17.0 Å². The molecule has 1 heterocycles. The molecule has 122 valence electrons. The lowest BCUT2D eigenvalue weighted by Crippen LogP contribution is -2.05. The third-order valence-electron chi connectivity index (χ3n) is 3.59. The highest BCUT2D eigenvalue weighted by Gasteiger charge is 2.16. The molecular formula is C17H15N3O3S. The van der Waals surface area contributed by atoms with Crippen LogP contribution in [-0.2, 0) is 11.0 Å². The van der Waals surface area contributed by atoms with Crippen LogP contribution < -0.4 is 5.14 Å². The van der Waals surface area contributed by atoms with Crippen molar-refractivity contribution in [3.63, 3.8) is 0 Å².